The lowest BCUT2D eigenvalue weighted by atomic mass is 10.2. The second kappa shape index (κ2) is 5.70. The molecule has 0 aliphatic rings. The highest BCUT2D eigenvalue weighted by Crippen LogP contribution is 2.34. The average molecular weight is 276 g/mol. The van der Waals surface area contributed by atoms with Gasteiger partial charge in [0.05, 0.1) is 4.92 Å². The van der Waals surface area contributed by atoms with Crippen LogP contribution < -0.4 is 10.5 Å². The zero-order valence-corrected chi connectivity index (χ0v) is 11.4. The third-order valence-electron chi connectivity index (χ3n) is 2.91. The van der Waals surface area contributed by atoms with Crippen molar-refractivity contribution in [2.24, 2.45) is 12.8 Å². The summed E-state index contributed by atoms with van der Waals surface area (Å²) in [5.74, 6) is 0.628. The second-order valence-electron chi connectivity index (χ2n) is 4.29. The third-order valence-corrected chi connectivity index (χ3v) is 2.91. The number of rotatable bonds is 5. The number of hydrogen-bond donors (Lipinski definition) is 1. The van der Waals surface area contributed by atoms with Crippen molar-refractivity contribution in [1.82, 2.24) is 9.78 Å². The quantitative estimate of drug-likeness (QED) is 0.666. The van der Waals surface area contributed by atoms with Crippen molar-refractivity contribution in [2.75, 3.05) is 0 Å². The van der Waals surface area contributed by atoms with E-state index in [9.17, 15) is 10.1 Å². The van der Waals surface area contributed by atoms with Gasteiger partial charge in [-0.25, -0.2) is 4.68 Å². The van der Waals surface area contributed by atoms with E-state index in [2.05, 4.69) is 5.10 Å². The lowest BCUT2D eigenvalue weighted by Gasteiger charge is -2.06. The van der Waals surface area contributed by atoms with Gasteiger partial charge in [-0.2, -0.15) is 5.10 Å². The first-order valence-electron chi connectivity index (χ1n) is 6.24. The molecule has 7 nitrogen and oxygen atoms in total. The molecule has 7 heteroatoms. The number of ether oxygens (including phenoxy) is 1. The summed E-state index contributed by atoms with van der Waals surface area (Å²) in [6.45, 7) is 2.19. The number of nitrogens with zero attached hydrogens (tertiary/aromatic N) is 3. The topological polar surface area (TPSA) is 96.2 Å². The predicted octanol–water partition coefficient (Wildman–Crippen LogP) is 2.14. The van der Waals surface area contributed by atoms with E-state index >= 15 is 0 Å². The second-order valence-corrected chi connectivity index (χ2v) is 4.29. The fraction of sp³-hybridized carbons (Fsp3) is 0.308. The van der Waals surface area contributed by atoms with Gasteiger partial charge in [-0.1, -0.05) is 19.1 Å². The van der Waals surface area contributed by atoms with Crippen molar-refractivity contribution in [3.8, 4) is 11.6 Å². The van der Waals surface area contributed by atoms with Gasteiger partial charge in [0.2, 0.25) is 0 Å². The largest absolute Gasteiger partial charge is 0.434 e. The van der Waals surface area contributed by atoms with Gasteiger partial charge >= 0.3 is 5.69 Å². The molecular formula is C13H16N4O3. The van der Waals surface area contributed by atoms with E-state index in [0.717, 1.165) is 5.56 Å². The van der Waals surface area contributed by atoms with Crippen molar-refractivity contribution in [3.05, 3.63) is 45.6 Å². The number of aromatic nitrogens is 2. The summed E-state index contributed by atoms with van der Waals surface area (Å²) in [6.07, 6.45) is 0.469. The van der Waals surface area contributed by atoms with Gasteiger partial charge in [0.1, 0.15) is 11.4 Å². The van der Waals surface area contributed by atoms with Crippen LogP contribution in [-0.4, -0.2) is 14.7 Å². The molecule has 0 spiro atoms. The molecule has 0 radical (unpaired) electrons. The number of benzene rings is 1. The van der Waals surface area contributed by atoms with Gasteiger partial charge in [-0.05, 0) is 24.1 Å². The normalized spacial score (nSPS) is 10.6. The fourth-order valence-corrected chi connectivity index (χ4v) is 1.93. The Morgan fingerprint density at radius 3 is 2.85 bits per heavy atom. The maximum absolute atomic E-state index is 11.2. The number of nitro groups is 1. The maximum atomic E-state index is 11.2. The fourth-order valence-electron chi connectivity index (χ4n) is 1.93. The summed E-state index contributed by atoms with van der Waals surface area (Å²) >= 11 is 0. The molecule has 0 saturated heterocycles. The number of nitrogens with two attached hydrogens (primary N) is 1. The van der Waals surface area contributed by atoms with Crippen LogP contribution in [0.2, 0.25) is 0 Å². The predicted molar refractivity (Wildman–Crippen MR) is 73.6 cm³/mol. The molecule has 0 saturated carbocycles. The van der Waals surface area contributed by atoms with Gasteiger partial charge in [0, 0.05) is 13.6 Å². The van der Waals surface area contributed by atoms with Gasteiger partial charge in [-0.15, -0.1) is 0 Å². The molecule has 106 valence electrons. The third kappa shape index (κ3) is 2.62. The summed E-state index contributed by atoms with van der Waals surface area (Å²) in [4.78, 5) is 10.7. The van der Waals surface area contributed by atoms with Crippen molar-refractivity contribution in [3.63, 3.8) is 0 Å². The summed E-state index contributed by atoms with van der Waals surface area (Å²) < 4.78 is 7.01. The van der Waals surface area contributed by atoms with Crippen LogP contribution in [0.4, 0.5) is 5.69 Å². The van der Waals surface area contributed by atoms with Crippen LogP contribution in [0.1, 0.15) is 18.2 Å². The Bertz CT molecular complexity index is 637. The Morgan fingerprint density at radius 2 is 2.25 bits per heavy atom. The summed E-state index contributed by atoms with van der Waals surface area (Å²) in [7, 11) is 1.62. The molecule has 0 fully saturated rings. The molecule has 0 aliphatic heterocycles. The highest BCUT2D eigenvalue weighted by molar-refractivity contribution is 5.48. The van der Waals surface area contributed by atoms with E-state index in [1.54, 1.807) is 25.2 Å². The van der Waals surface area contributed by atoms with Crippen LogP contribution >= 0.6 is 0 Å². The highest BCUT2D eigenvalue weighted by atomic mass is 16.6. The standard InChI is InChI=1S/C13H16N4O3/c1-3-11-12(17(18)19)13(16(2)15-11)20-10-6-4-5-9(7-10)8-14/h4-7H,3,8,14H2,1-2H3. The Labute approximate surface area is 116 Å². The Kier molecular flexibility index (Phi) is 3.99. The first-order chi connectivity index (χ1) is 9.56. The van der Waals surface area contributed by atoms with E-state index in [-0.39, 0.29) is 11.6 Å². The molecule has 0 amide bonds. The smallest absolute Gasteiger partial charge is 0.353 e. The minimum Gasteiger partial charge on any atom is -0.434 e. The SMILES string of the molecule is CCc1nn(C)c(Oc2cccc(CN)c2)c1[N+](=O)[O-]. The zero-order valence-electron chi connectivity index (χ0n) is 11.4. The Morgan fingerprint density at radius 1 is 1.50 bits per heavy atom. The van der Waals surface area contributed by atoms with Crippen molar-refractivity contribution >= 4 is 5.69 Å². The Balaban J connectivity index is 2.42. The van der Waals surface area contributed by atoms with Crippen LogP contribution in [0.3, 0.4) is 0 Å². The van der Waals surface area contributed by atoms with Crippen LogP contribution in [0.5, 0.6) is 11.6 Å². The molecule has 1 aromatic heterocycles. The molecule has 2 N–H and O–H groups in total. The number of aryl methyl sites for hydroxylation is 2. The van der Waals surface area contributed by atoms with Gasteiger partial charge in [0.15, 0.2) is 0 Å². The average Bonchev–Trinajstić information content (AvgIpc) is 2.75. The van der Waals surface area contributed by atoms with E-state index in [1.807, 2.05) is 13.0 Å². The molecule has 2 rings (SSSR count). The van der Waals surface area contributed by atoms with Crippen LogP contribution in [0.25, 0.3) is 0 Å². The maximum Gasteiger partial charge on any atom is 0.353 e. The van der Waals surface area contributed by atoms with Crippen molar-refractivity contribution in [1.29, 1.82) is 0 Å². The van der Waals surface area contributed by atoms with Gasteiger partial charge < -0.3 is 10.5 Å². The molecule has 0 aliphatic carbocycles. The molecule has 1 aromatic carbocycles. The molecular weight excluding hydrogens is 260 g/mol. The highest BCUT2D eigenvalue weighted by Gasteiger charge is 2.27. The first-order valence-corrected chi connectivity index (χ1v) is 6.24. The molecule has 0 bridgehead atoms. The van der Waals surface area contributed by atoms with Crippen molar-refractivity contribution in [2.45, 2.75) is 19.9 Å². The van der Waals surface area contributed by atoms with Crippen LogP contribution in [0, 0.1) is 10.1 Å². The van der Waals surface area contributed by atoms with Crippen molar-refractivity contribution < 1.29 is 9.66 Å². The van der Waals surface area contributed by atoms with E-state index < -0.39 is 4.92 Å². The molecule has 1 heterocycles. The molecule has 0 atom stereocenters. The first kappa shape index (κ1) is 14.0. The van der Waals surface area contributed by atoms with E-state index in [1.165, 1.54) is 4.68 Å². The number of hydrogen-bond acceptors (Lipinski definition) is 5. The monoisotopic (exact) mass is 276 g/mol. The van der Waals surface area contributed by atoms with Gasteiger partial charge in [0.25, 0.3) is 5.88 Å². The minimum absolute atomic E-state index is 0.0897. The van der Waals surface area contributed by atoms with Gasteiger partial charge in [-0.3, -0.25) is 10.1 Å². The van der Waals surface area contributed by atoms with E-state index in [4.69, 9.17) is 10.5 Å². The van der Waals surface area contributed by atoms with E-state index in [0.29, 0.717) is 24.4 Å². The lowest BCUT2D eigenvalue weighted by Crippen LogP contribution is -1.99. The summed E-state index contributed by atoms with van der Waals surface area (Å²) in [5.41, 5.74) is 6.77. The summed E-state index contributed by atoms with van der Waals surface area (Å²) in [6, 6.07) is 7.13. The minimum atomic E-state index is -0.464. The molecule has 20 heavy (non-hydrogen) atoms. The Hall–Kier alpha value is -2.41. The molecule has 2 aromatic rings. The van der Waals surface area contributed by atoms with Crippen LogP contribution in [-0.2, 0) is 20.0 Å². The van der Waals surface area contributed by atoms with Crippen LogP contribution in [0.15, 0.2) is 24.3 Å². The summed E-state index contributed by atoms with van der Waals surface area (Å²) in [5, 5.41) is 15.3. The lowest BCUT2D eigenvalue weighted by molar-refractivity contribution is -0.386. The zero-order chi connectivity index (χ0) is 14.7. The molecule has 0 unspecified atom stereocenters.